The number of ether oxygens (including phenoxy) is 3. The third kappa shape index (κ3) is 6.00. The van der Waals surface area contributed by atoms with E-state index >= 15 is 0 Å². The Labute approximate surface area is 205 Å². The van der Waals surface area contributed by atoms with Crippen LogP contribution in [0.25, 0.3) is 5.76 Å². The number of benzene rings is 2. The van der Waals surface area contributed by atoms with Gasteiger partial charge in [0.15, 0.2) is 11.5 Å². The standard InChI is InChI=1S/C27H32FNO6/c1-4-6-7-15-35-21-13-10-19(17-22(21)34-5-2)24-23(25(30)18-8-11-20(28)12-9-18)26(31)27(32)29(24)14-16-33-3/h8-13,17,24,30H,4-7,14-16H2,1-3H3. The highest BCUT2D eigenvalue weighted by molar-refractivity contribution is 6.46. The van der Waals surface area contributed by atoms with E-state index in [1.54, 1.807) is 18.2 Å². The predicted molar refractivity (Wildman–Crippen MR) is 130 cm³/mol. The molecule has 0 aliphatic carbocycles. The molecule has 0 saturated carbocycles. The van der Waals surface area contributed by atoms with Gasteiger partial charge < -0.3 is 24.2 Å². The van der Waals surface area contributed by atoms with Gasteiger partial charge in [0.05, 0.1) is 31.4 Å². The molecule has 2 aromatic carbocycles. The summed E-state index contributed by atoms with van der Waals surface area (Å²) in [6.45, 7) is 5.26. The molecular formula is C27H32FNO6. The van der Waals surface area contributed by atoms with Crippen LogP contribution < -0.4 is 9.47 Å². The monoisotopic (exact) mass is 485 g/mol. The van der Waals surface area contributed by atoms with Gasteiger partial charge in [-0.3, -0.25) is 9.59 Å². The zero-order valence-electron chi connectivity index (χ0n) is 20.4. The first-order chi connectivity index (χ1) is 16.9. The van der Waals surface area contributed by atoms with Crippen molar-refractivity contribution >= 4 is 17.4 Å². The van der Waals surface area contributed by atoms with Crippen molar-refractivity contribution in [3.63, 3.8) is 0 Å². The minimum Gasteiger partial charge on any atom is -0.507 e. The molecule has 2 aromatic rings. The van der Waals surface area contributed by atoms with Gasteiger partial charge in [0.1, 0.15) is 11.6 Å². The first-order valence-corrected chi connectivity index (χ1v) is 11.9. The largest absolute Gasteiger partial charge is 0.507 e. The number of carbonyl (C=O) groups is 2. The molecule has 8 heteroatoms. The van der Waals surface area contributed by atoms with Gasteiger partial charge in [-0.2, -0.15) is 0 Å². The average Bonchev–Trinajstić information content (AvgIpc) is 3.11. The number of methoxy groups -OCH3 is 1. The zero-order valence-corrected chi connectivity index (χ0v) is 20.4. The number of Topliss-reactive ketones (excluding diaryl/α,β-unsaturated/α-hetero) is 1. The fourth-order valence-electron chi connectivity index (χ4n) is 4.03. The molecule has 0 bridgehead atoms. The van der Waals surface area contributed by atoms with Crippen LogP contribution in [0.1, 0.15) is 50.3 Å². The Hall–Kier alpha value is -3.39. The predicted octanol–water partition coefficient (Wildman–Crippen LogP) is 4.86. The Kier molecular flexibility index (Phi) is 9.25. The minimum atomic E-state index is -0.872. The Bertz CT molecular complexity index is 1070. The number of aliphatic hydroxyl groups is 1. The Morgan fingerprint density at radius 3 is 2.40 bits per heavy atom. The number of likely N-dealkylation sites (tertiary alicyclic amines) is 1. The fraction of sp³-hybridized carbons (Fsp3) is 0.407. The topological polar surface area (TPSA) is 85.3 Å². The van der Waals surface area contributed by atoms with Gasteiger partial charge in [0.2, 0.25) is 0 Å². The Morgan fingerprint density at radius 2 is 1.74 bits per heavy atom. The fourth-order valence-corrected chi connectivity index (χ4v) is 4.03. The van der Waals surface area contributed by atoms with E-state index in [1.165, 1.54) is 36.3 Å². The molecule has 1 saturated heterocycles. The number of unbranched alkanes of at least 4 members (excludes halogenated alkanes) is 2. The van der Waals surface area contributed by atoms with E-state index in [0.717, 1.165) is 19.3 Å². The lowest BCUT2D eigenvalue weighted by atomic mass is 9.95. The van der Waals surface area contributed by atoms with E-state index < -0.39 is 23.5 Å². The molecule has 0 radical (unpaired) electrons. The number of rotatable bonds is 12. The van der Waals surface area contributed by atoms with Crippen LogP contribution in [0.2, 0.25) is 0 Å². The Morgan fingerprint density at radius 1 is 1.00 bits per heavy atom. The number of carbonyl (C=O) groups excluding carboxylic acids is 2. The summed E-state index contributed by atoms with van der Waals surface area (Å²) in [5.41, 5.74) is 0.743. The van der Waals surface area contributed by atoms with Gasteiger partial charge in [-0.25, -0.2) is 4.39 Å². The van der Waals surface area contributed by atoms with Crippen LogP contribution in [0.15, 0.2) is 48.0 Å². The molecule has 1 amide bonds. The van der Waals surface area contributed by atoms with E-state index in [1.807, 2.05) is 6.92 Å². The zero-order chi connectivity index (χ0) is 25.4. The van der Waals surface area contributed by atoms with Crippen LogP contribution in [-0.4, -0.2) is 55.2 Å². The SMILES string of the molecule is CCCCCOc1ccc(C2C(=C(O)c3ccc(F)cc3)C(=O)C(=O)N2CCOC)cc1OCC. The van der Waals surface area contributed by atoms with Crippen molar-refractivity contribution in [3.8, 4) is 11.5 Å². The second kappa shape index (κ2) is 12.4. The van der Waals surface area contributed by atoms with Crippen molar-refractivity contribution in [1.82, 2.24) is 4.90 Å². The molecule has 7 nitrogen and oxygen atoms in total. The van der Waals surface area contributed by atoms with Crippen LogP contribution in [0.3, 0.4) is 0 Å². The first kappa shape index (κ1) is 26.2. The van der Waals surface area contributed by atoms with Crippen LogP contribution in [-0.2, 0) is 14.3 Å². The second-order valence-corrected chi connectivity index (χ2v) is 8.19. The highest BCUT2D eigenvalue weighted by atomic mass is 19.1. The molecular weight excluding hydrogens is 453 g/mol. The average molecular weight is 486 g/mol. The third-order valence-corrected chi connectivity index (χ3v) is 5.78. The van der Waals surface area contributed by atoms with E-state index in [4.69, 9.17) is 14.2 Å². The highest BCUT2D eigenvalue weighted by Gasteiger charge is 2.46. The number of nitrogens with zero attached hydrogens (tertiary/aromatic N) is 1. The number of ketones is 1. The van der Waals surface area contributed by atoms with Gasteiger partial charge in [-0.05, 0) is 55.3 Å². The summed E-state index contributed by atoms with van der Waals surface area (Å²) < 4.78 is 30.3. The lowest BCUT2D eigenvalue weighted by Crippen LogP contribution is -2.32. The molecule has 1 atom stereocenters. The Balaban J connectivity index is 2.07. The number of aliphatic hydroxyl groups excluding tert-OH is 1. The van der Waals surface area contributed by atoms with E-state index in [9.17, 15) is 19.1 Å². The molecule has 1 aliphatic rings. The summed E-state index contributed by atoms with van der Waals surface area (Å²) in [5, 5.41) is 11.0. The van der Waals surface area contributed by atoms with Gasteiger partial charge in [0, 0.05) is 19.2 Å². The van der Waals surface area contributed by atoms with Crippen molar-refractivity contribution in [2.24, 2.45) is 0 Å². The van der Waals surface area contributed by atoms with Crippen LogP contribution in [0, 0.1) is 5.82 Å². The lowest BCUT2D eigenvalue weighted by molar-refractivity contribution is -0.140. The molecule has 1 N–H and O–H groups in total. The summed E-state index contributed by atoms with van der Waals surface area (Å²) in [6.07, 6.45) is 3.05. The van der Waals surface area contributed by atoms with Gasteiger partial charge in [-0.15, -0.1) is 0 Å². The maximum absolute atomic E-state index is 13.4. The van der Waals surface area contributed by atoms with Crippen LogP contribution in [0.5, 0.6) is 11.5 Å². The molecule has 0 spiro atoms. The van der Waals surface area contributed by atoms with Crippen molar-refractivity contribution in [2.75, 3.05) is 33.5 Å². The maximum atomic E-state index is 13.4. The smallest absolute Gasteiger partial charge is 0.295 e. The second-order valence-electron chi connectivity index (χ2n) is 8.19. The molecule has 1 fully saturated rings. The minimum absolute atomic E-state index is 0.0724. The molecule has 35 heavy (non-hydrogen) atoms. The number of halogens is 1. The molecule has 1 aliphatic heterocycles. The normalized spacial score (nSPS) is 17.1. The highest BCUT2D eigenvalue weighted by Crippen LogP contribution is 2.42. The summed E-state index contributed by atoms with van der Waals surface area (Å²) in [7, 11) is 1.50. The molecule has 188 valence electrons. The lowest BCUT2D eigenvalue weighted by Gasteiger charge is -2.26. The van der Waals surface area contributed by atoms with Crippen LogP contribution in [0.4, 0.5) is 4.39 Å². The van der Waals surface area contributed by atoms with Gasteiger partial charge in [0.25, 0.3) is 11.7 Å². The van der Waals surface area contributed by atoms with Crippen LogP contribution >= 0.6 is 0 Å². The third-order valence-electron chi connectivity index (χ3n) is 5.78. The first-order valence-electron chi connectivity index (χ1n) is 11.9. The number of amides is 1. The summed E-state index contributed by atoms with van der Waals surface area (Å²) in [5.74, 6) is -1.35. The molecule has 3 rings (SSSR count). The van der Waals surface area contributed by atoms with Crippen molar-refractivity contribution in [2.45, 2.75) is 39.2 Å². The molecule has 1 unspecified atom stereocenters. The van der Waals surface area contributed by atoms with Gasteiger partial charge in [-0.1, -0.05) is 25.8 Å². The van der Waals surface area contributed by atoms with Crippen molar-refractivity contribution in [1.29, 1.82) is 0 Å². The van der Waals surface area contributed by atoms with Crippen molar-refractivity contribution < 1.29 is 33.3 Å². The van der Waals surface area contributed by atoms with E-state index in [0.29, 0.717) is 30.3 Å². The summed E-state index contributed by atoms with van der Waals surface area (Å²) >= 11 is 0. The molecule has 1 heterocycles. The van der Waals surface area contributed by atoms with E-state index in [-0.39, 0.29) is 30.0 Å². The summed E-state index contributed by atoms with van der Waals surface area (Å²) in [6, 6.07) is 9.46. The number of hydrogen-bond donors (Lipinski definition) is 1. The number of hydrogen-bond acceptors (Lipinski definition) is 6. The van der Waals surface area contributed by atoms with Gasteiger partial charge >= 0.3 is 0 Å². The van der Waals surface area contributed by atoms with Crippen molar-refractivity contribution in [3.05, 3.63) is 65.0 Å². The maximum Gasteiger partial charge on any atom is 0.295 e. The quantitative estimate of drug-likeness (QED) is 0.200. The summed E-state index contributed by atoms with van der Waals surface area (Å²) in [4.78, 5) is 27.3. The van der Waals surface area contributed by atoms with E-state index in [2.05, 4.69) is 6.92 Å². The molecule has 0 aromatic heterocycles.